The lowest BCUT2D eigenvalue weighted by molar-refractivity contribution is 0.581. The summed E-state index contributed by atoms with van der Waals surface area (Å²) in [6.07, 6.45) is 4.29. The predicted molar refractivity (Wildman–Crippen MR) is 162 cm³/mol. The normalized spacial score (nSPS) is 24.9. The van der Waals surface area contributed by atoms with Gasteiger partial charge in [0.15, 0.2) is 14.3 Å². The second-order valence-electron chi connectivity index (χ2n) is 11.4. The minimum atomic E-state index is -3.36. The maximum Gasteiger partial charge on any atom is 0.171 e. The molecule has 0 N–H and O–H groups in total. The maximum absolute atomic E-state index is 15.8. The minimum absolute atomic E-state index is 0.391. The van der Waals surface area contributed by atoms with E-state index < -0.39 is 25.1 Å². The Labute approximate surface area is 225 Å². The van der Waals surface area contributed by atoms with Gasteiger partial charge in [0, 0.05) is 42.7 Å². The zero-order chi connectivity index (χ0) is 26.8. The molecule has 0 saturated heterocycles. The third kappa shape index (κ3) is 3.54. The summed E-state index contributed by atoms with van der Waals surface area (Å²) >= 11 is 0. The molecule has 0 bridgehead atoms. The predicted octanol–water partition coefficient (Wildman–Crippen LogP) is 7.36. The molecule has 0 aromatic heterocycles. The topological polar surface area (TPSA) is 34.1 Å². The first-order valence-electron chi connectivity index (χ1n) is 13.1. The van der Waals surface area contributed by atoms with Crippen molar-refractivity contribution in [1.29, 1.82) is 0 Å². The largest absolute Gasteiger partial charge is 0.309 e. The van der Waals surface area contributed by atoms with Gasteiger partial charge in [0.25, 0.3) is 0 Å². The Balaban J connectivity index is 1.75. The van der Waals surface area contributed by atoms with Gasteiger partial charge in [-0.25, -0.2) is 0 Å². The third-order valence-corrected chi connectivity index (χ3v) is 14.5. The average Bonchev–Trinajstić information content (AvgIpc) is 2.94. The van der Waals surface area contributed by atoms with Crippen molar-refractivity contribution in [2.45, 2.75) is 38.5 Å². The molecule has 0 fully saturated rings. The van der Waals surface area contributed by atoms with Crippen LogP contribution < -0.4 is 21.2 Å². The number of benzene rings is 4. The first kappa shape index (κ1) is 25.1. The van der Waals surface area contributed by atoms with Crippen LogP contribution in [0.3, 0.4) is 0 Å². The Bertz CT molecular complexity index is 1580. The van der Waals surface area contributed by atoms with E-state index in [-0.39, 0.29) is 0 Å². The van der Waals surface area contributed by atoms with E-state index >= 15 is 9.13 Å². The highest BCUT2D eigenvalue weighted by Gasteiger charge is 2.50. The maximum atomic E-state index is 15.8. The second kappa shape index (κ2) is 8.67. The summed E-state index contributed by atoms with van der Waals surface area (Å²) in [6, 6.07) is 35.7. The summed E-state index contributed by atoms with van der Waals surface area (Å²) in [5, 5.41) is 4.64. The van der Waals surface area contributed by atoms with Gasteiger partial charge in [-0.05, 0) is 11.1 Å². The monoisotopic (exact) mass is 534 g/mol. The summed E-state index contributed by atoms with van der Waals surface area (Å²) in [4.78, 5) is 0. The standard InChI is InChI=1S/C34H32O2P2/c1-33(2)23-31(37(35,25-15-7-5-8-16-25)29-21-13-11-19-27(29)33)32-24-34(3,4)28-20-12-14-22-30(28)38(32,36)26-17-9-6-10-18-26/h5-24H,1-4H3/t37-,38-/m1/s1. The van der Waals surface area contributed by atoms with Gasteiger partial charge < -0.3 is 9.13 Å². The molecule has 0 saturated carbocycles. The van der Waals surface area contributed by atoms with Crippen LogP contribution in [0, 0.1) is 0 Å². The van der Waals surface area contributed by atoms with Crippen LogP contribution in [-0.2, 0) is 20.0 Å². The highest BCUT2D eigenvalue weighted by Crippen LogP contribution is 2.70. The van der Waals surface area contributed by atoms with E-state index in [1.807, 2.05) is 97.1 Å². The number of hydrogen-bond donors (Lipinski definition) is 0. The fourth-order valence-corrected chi connectivity index (χ4v) is 13.6. The van der Waals surface area contributed by atoms with E-state index in [4.69, 9.17) is 0 Å². The van der Waals surface area contributed by atoms with Crippen LogP contribution in [0.1, 0.15) is 38.8 Å². The van der Waals surface area contributed by atoms with Crippen LogP contribution in [-0.4, -0.2) is 0 Å². The smallest absolute Gasteiger partial charge is 0.171 e. The Morgan fingerprint density at radius 2 is 0.763 bits per heavy atom. The van der Waals surface area contributed by atoms with Crippen molar-refractivity contribution in [3.05, 3.63) is 143 Å². The molecule has 6 rings (SSSR count). The van der Waals surface area contributed by atoms with E-state index in [2.05, 4.69) is 52.0 Å². The first-order chi connectivity index (χ1) is 18.1. The lowest BCUT2D eigenvalue weighted by Crippen LogP contribution is -2.37. The van der Waals surface area contributed by atoms with E-state index in [1.54, 1.807) is 0 Å². The molecule has 4 aromatic rings. The second-order valence-corrected chi connectivity index (χ2v) is 16.8. The van der Waals surface area contributed by atoms with Crippen molar-refractivity contribution in [2.24, 2.45) is 0 Å². The van der Waals surface area contributed by atoms with Crippen molar-refractivity contribution in [3.63, 3.8) is 0 Å². The molecule has 4 aromatic carbocycles. The molecule has 4 heteroatoms. The summed E-state index contributed by atoms with van der Waals surface area (Å²) in [6.45, 7) is 8.65. The van der Waals surface area contributed by atoms with Crippen LogP contribution in [0.2, 0.25) is 0 Å². The molecule has 2 heterocycles. The average molecular weight is 535 g/mol. The zero-order valence-corrected chi connectivity index (χ0v) is 24.0. The van der Waals surface area contributed by atoms with Gasteiger partial charge in [0.2, 0.25) is 0 Å². The van der Waals surface area contributed by atoms with Crippen molar-refractivity contribution >= 4 is 35.5 Å². The van der Waals surface area contributed by atoms with E-state index in [9.17, 15) is 0 Å². The van der Waals surface area contributed by atoms with Gasteiger partial charge in [-0.3, -0.25) is 0 Å². The van der Waals surface area contributed by atoms with E-state index in [1.165, 1.54) is 0 Å². The lowest BCUT2D eigenvalue weighted by Gasteiger charge is -2.42. The summed E-state index contributed by atoms with van der Waals surface area (Å²) < 4.78 is 31.6. The van der Waals surface area contributed by atoms with Gasteiger partial charge in [-0.2, -0.15) is 0 Å². The molecule has 2 aliphatic rings. The zero-order valence-electron chi connectivity index (χ0n) is 22.3. The fourth-order valence-electron chi connectivity index (χ4n) is 6.17. The van der Waals surface area contributed by atoms with Gasteiger partial charge in [0.1, 0.15) is 0 Å². The molecule has 0 aliphatic carbocycles. The van der Waals surface area contributed by atoms with Crippen LogP contribution in [0.25, 0.3) is 0 Å². The molecule has 0 amide bonds. The molecule has 2 nitrogen and oxygen atoms in total. The molecule has 190 valence electrons. The molecule has 2 aliphatic heterocycles. The number of rotatable bonds is 3. The van der Waals surface area contributed by atoms with E-state index in [0.717, 1.165) is 32.3 Å². The number of allylic oxidation sites excluding steroid dienone is 4. The van der Waals surface area contributed by atoms with Gasteiger partial charge in [-0.15, -0.1) is 0 Å². The number of fused-ring (bicyclic) bond motifs is 2. The quantitative estimate of drug-likeness (QED) is 0.257. The van der Waals surface area contributed by atoms with Gasteiger partial charge in [0.05, 0.1) is 0 Å². The van der Waals surface area contributed by atoms with Crippen molar-refractivity contribution < 1.29 is 9.13 Å². The van der Waals surface area contributed by atoms with Crippen LogP contribution in [0.15, 0.2) is 132 Å². The fraction of sp³-hybridized carbons (Fsp3) is 0.176. The molecule has 0 spiro atoms. The molecular weight excluding hydrogens is 502 g/mol. The lowest BCUT2D eigenvalue weighted by atomic mass is 9.82. The highest BCUT2D eigenvalue weighted by atomic mass is 31.2. The van der Waals surface area contributed by atoms with Gasteiger partial charge in [-0.1, -0.05) is 149 Å². The Morgan fingerprint density at radius 3 is 1.13 bits per heavy atom. The Kier molecular flexibility index (Phi) is 5.73. The Morgan fingerprint density at radius 1 is 0.447 bits per heavy atom. The molecule has 0 radical (unpaired) electrons. The van der Waals surface area contributed by atoms with Crippen molar-refractivity contribution in [2.75, 3.05) is 0 Å². The highest BCUT2D eigenvalue weighted by molar-refractivity contribution is 7.87. The molecule has 0 unspecified atom stereocenters. The van der Waals surface area contributed by atoms with Gasteiger partial charge >= 0.3 is 0 Å². The molecule has 38 heavy (non-hydrogen) atoms. The van der Waals surface area contributed by atoms with Crippen LogP contribution in [0.5, 0.6) is 0 Å². The van der Waals surface area contributed by atoms with Crippen LogP contribution >= 0.6 is 14.3 Å². The first-order valence-corrected chi connectivity index (χ1v) is 16.5. The van der Waals surface area contributed by atoms with Crippen LogP contribution in [0.4, 0.5) is 0 Å². The third-order valence-electron chi connectivity index (χ3n) is 8.05. The summed E-state index contributed by atoms with van der Waals surface area (Å²) in [5.74, 6) is 0. The molecule has 2 atom stereocenters. The Hall–Kier alpha value is -3.18. The van der Waals surface area contributed by atoms with Crippen molar-refractivity contribution in [1.82, 2.24) is 0 Å². The number of hydrogen-bond acceptors (Lipinski definition) is 2. The summed E-state index contributed by atoms with van der Waals surface area (Å²) in [5.41, 5.74) is 1.33. The van der Waals surface area contributed by atoms with E-state index in [0.29, 0.717) is 10.6 Å². The molecular formula is C34H32O2P2. The summed E-state index contributed by atoms with van der Waals surface area (Å²) in [7, 11) is -6.72. The SMILES string of the molecule is CC1(C)C=C(C2=CC(C)(C)c3ccccc3[P@]2(=O)c2ccccc2)[P@@](=O)(c2ccccc2)c2ccccc21. The minimum Gasteiger partial charge on any atom is -0.309 e. The van der Waals surface area contributed by atoms with Crippen molar-refractivity contribution in [3.8, 4) is 0 Å².